The molecule has 0 bridgehead atoms. The molecule has 106 valence electrons. The van der Waals surface area contributed by atoms with Gasteiger partial charge in [0.05, 0.1) is 6.04 Å². The van der Waals surface area contributed by atoms with E-state index in [-0.39, 0.29) is 6.04 Å². The van der Waals surface area contributed by atoms with Crippen molar-refractivity contribution in [2.24, 2.45) is 11.7 Å². The van der Waals surface area contributed by atoms with Crippen LogP contribution in [0.3, 0.4) is 0 Å². The lowest BCUT2D eigenvalue weighted by atomic mass is 9.96. The zero-order valence-corrected chi connectivity index (χ0v) is 13.2. The van der Waals surface area contributed by atoms with Gasteiger partial charge in [0, 0.05) is 10.0 Å². The van der Waals surface area contributed by atoms with Gasteiger partial charge in [-0.1, -0.05) is 61.3 Å². The van der Waals surface area contributed by atoms with E-state index in [1.54, 1.807) is 6.07 Å². The van der Waals surface area contributed by atoms with Gasteiger partial charge in [-0.3, -0.25) is 0 Å². The molecule has 0 aliphatic carbocycles. The molecule has 2 aromatic rings. The van der Waals surface area contributed by atoms with Gasteiger partial charge in [0.25, 0.3) is 0 Å². The molecule has 0 heterocycles. The molecule has 0 aliphatic rings. The summed E-state index contributed by atoms with van der Waals surface area (Å²) in [5.74, 6) is 0.654. The molecule has 0 amide bonds. The molecule has 0 saturated heterocycles. The zero-order chi connectivity index (χ0) is 14.7. The Morgan fingerprint density at radius 3 is 1.95 bits per heavy atom. The lowest BCUT2D eigenvalue weighted by Crippen LogP contribution is -2.12. The van der Waals surface area contributed by atoms with Gasteiger partial charge >= 0.3 is 0 Å². The van der Waals surface area contributed by atoms with Gasteiger partial charge in [-0.15, -0.1) is 0 Å². The molecule has 2 aromatic carbocycles. The van der Waals surface area contributed by atoms with E-state index in [1.165, 1.54) is 5.56 Å². The lowest BCUT2D eigenvalue weighted by molar-refractivity contribution is 0.647. The molecular weight excluding hydrogens is 289 g/mol. The Morgan fingerprint density at radius 2 is 1.45 bits per heavy atom. The molecule has 3 heteroatoms. The normalized spacial score (nSPS) is 12.7. The first-order chi connectivity index (χ1) is 9.45. The van der Waals surface area contributed by atoms with Crippen molar-refractivity contribution < 1.29 is 0 Å². The average Bonchev–Trinajstić information content (AvgIpc) is 2.37. The summed E-state index contributed by atoms with van der Waals surface area (Å²) >= 11 is 12.0. The Bertz CT molecular complexity index is 556. The minimum atomic E-state index is -0.209. The highest BCUT2D eigenvalue weighted by molar-refractivity contribution is 6.34. The summed E-state index contributed by atoms with van der Waals surface area (Å²) < 4.78 is 0. The number of benzene rings is 2. The Hall–Kier alpha value is -1.02. The van der Waals surface area contributed by atoms with Crippen molar-refractivity contribution in [3.8, 4) is 0 Å². The largest absolute Gasteiger partial charge is 0.320 e. The lowest BCUT2D eigenvalue weighted by Gasteiger charge is -2.14. The van der Waals surface area contributed by atoms with Crippen LogP contribution in [-0.2, 0) is 6.42 Å². The van der Waals surface area contributed by atoms with Crippen LogP contribution in [0.25, 0.3) is 0 Å². The standard InChI is InChI=1S/C17H19Cl2N/c1-11(2)7-12-3-5-13(6-4-12)17(20)14-8-15(18)10-16(19)9-14/h3-6,8-11,17H,7,20H2,1-2H3. The molecule has 0 spiro atoms. The maximum Gasteiger partial charge on any atom is 0.0552 e. The van der Waals surface area contributed by atoms with E-state index in [2.05, 4.69) is 38.1 Å². The van der Waals surface area contributed by atoms with E-state index in [0.29, 0.717) is 16.0 Å². The molecule has 0 aliphatic heterocycles. The van der Waals surface area contributed by atoms with Gasteiger partial charge in [-0.05, 0) is 47.2 Å². The quantitative estimate of drug-likeness (QED) is 0.821. The summed E-state index contributed by atoms with van der Waals surface area (Å²) in [6, 6.07) is 13.7. The molecule has 0 aromatic heterocycles. The van der Waals surface area contributed by atoms with Gasteiger partial charge in [-0.25, -0.2) is 0 Å². The summed E-state index contributed by atoms with van der Waals surface area (Å²) in [4.78, 5) is 0. The SMILES string of the molecule is CC(C)Cc1ccc(C(N)c2cc(Cl)cc(Cl)c2)cc1. The highest BCUT2D eigenvalue weighted by Gasteiger charge is 2.10. The third-order valence-electron chi connectivity index (χ3n) is 3.23. The summed E-state index contributed by atoms with van der Waals surface area (Å²) in [6.07, 6.45) is 1.08. The fourth-order valence-electron chi connectivity index (χ4n) is 2.28. The fourth-order valence-corrected chi connectivity index (χ4v) is 2.82. The molecular formula is C17H19Cl2N. The molecule has 1 unspecified atom stereocenters. The second kappa shape index (κ2) is 6.62. The van der Waals surface area contributed by atoms with Crippen LogP contribution in [0.5, 0.6) is 0 Å². The monoisotopic (exact) mass is 307 g/mol. The maximum absolute atomic E-state index is 6.29. The Morgan fingerprint density at radius 1 is 0.900 bits per heavy atom. The molecule has 1 nitrogen and oxygen atoms in total. The second-order valence-corrected chi connectivity index (χ2v) is 6.39. The van der Waals surface area contributed by atoms with Crippen LogP contribution in [0.15, 0.2) is 42.5 Å². The summed E-state index contributed by atoms with van der Waals surface area (Å²) in [5.41, 5.74) is 9.62. The summed E-state index contributed by atoms with van der Waals surface area (Å²) in [7, 11) is 0. The third-order valence-corrected chi connectivity index (χ3v) is 3.66. The van der Waals surface area contributed by atoms with Crippen LogP contribution in [0, 0.1) is 5.92 Å². The van der Waals surface area contributed by atoms with E-state index in [0.717, 1.165) is 17.5 Å². The van der Waals surface area contributed by atoms with E-state index < -0.39 is 0 Å². The second-order valence-electron chi connectivity index (χ2n) is 5.52. The van der Waals surface area contributed by atoms with Crippen molar-refractivity contribution in [2.75, 3.05) is 0 Å². The molecule has 2 N–H and O–H groups in total. The fraction of sp³-hybridized carbons (Fsp3) is 0.294. The predicted molar refractivity (Wildman–Crippen MR) is 87.5 cm³/mol. The first-order valence-corrected chi connectivity index (χ1v) is 7.51. The number of rotatable bonds is 4. The molecule has 1 atom stereocenters. The summed E-state index contributed by atoms with van der Waals surface area (Å²) in [5, 5.41) is 1.22. The van der Waals surface area contributed by atoms with Gasteiger partial charge in [0.1, 0.15) is 0 Å². The number of hydrogen-bond acceptors (Lipinski definition) is 1. The van der Waals surface area contributed by atoms with Gasteiger partial charge < -0.3 is 5.73 Å². The van der Waals surface area contributed by atoms with Crippen molar-refractivity contribution in [1.29, 1.82) is 0 Å². The van der Waals surface area contributed by atoms with Crippen LogP contribution in [0.1, 0.15) is 36.6 Å². The van der Waals surface area contributed by atoms with Crippen LogP contribution >= 0.6 is 23.2 Å². The van der Waals surface area contributed by atoms with Crippen molar-refractivity contribution in [3.63, 3.8) is 0 Å². The average molecular weight is 308 g/mol. The van der Waals surface area contributed by atoms with E-state index in [9.17, 15) is 0 Å². The van der Waals surface area contributed by atoms with Crippen LogP contribution in [0.4, 0.5) is 0 Å². The highest BCUT2D eigenvalue weighted by atomic mass is 35.5. The first kappa shape index (κ1) is 15.4. The van der Waals surface area contributed by atoms with Gasteiger partial charge in [0.15, 0.2) is 0 Å². The topological polar surface area (TPSA) is 26.0 Å². The van der Waals surface area contributed by atoms with Crippen molar-refractivity contribution >= 4 is 23.2 Å². The minimum Gasteiger partial charge on any atom is -0.320 e. The summed E-state index contributed by atoms with van der Waals surface area (Å²) in [6.45, 7) is 4.43. The van der Waals surface area contributed by atoms with Crippen LogP contribution in [0.2, 0.25) is 10.0 Å². The van der Waals surface area contributed by atoms with Gasteiger partial charge in [-0.2, -0.15) is 0 Å². The molecule has 0 radical (unpaired) electrons. The third kappa shape index (κ3) is 3.99. The Balaban J connectivity index is 2.22. The predicted octanol–water partition coefficient (Wildman–Crippen LogP) is 5.24. The van der Waals surface area contributed by atoms with Crippen molar-refractivity contribution in [3.05, 3.63) is 69.2 Å². The van der Waals surface area contributed by atoms with Gasteiger partial charge in [0.2, 0.25) is 0 Å². The zero-order valence-electron chi connectivity index (χ0n) is 11.7. The Labute approximate surface area is 130 Å². The maximum atomic E-state index is 6.29. The smallest absolute Gasteiger partial charge is 0.0552 e. The first-order valence-electron chi connectivity index (χ1n) is 6.76. The highest BCUT2D eigenvalue weighted by Crippen LogP contribution is 2.26. The van der Waals surface area contributed by atoms with Crippen molar-refractivity contribution in [2.45, 2.75) is 26.3 Å². The molecule has 2 rings (SSSR count). The van der Waals surface area contributed by atoms with Crippen LogP contribution < -0.4 is 5.73 Å². The number of halogens is 2. The van der Waals surface area contributed by atoms with E-state index in [4.69, 9.17) is 28.9 Å². The minimum absolute atomic E-state index is 0.209. The molecule has 0 fully saturated rings. The van der Waals surface area contributed by atoms with Crippen molar-refractivity contribution in [1.82, 2.24) is 0 Å². The Kier molecular flexibility index (Phi) is 5.09. The molecule has 20 heavy (non-hydrogen) atoms. The van der Waals surface area contributed by atoms with E-state index >= 15 is 0 Å². The van der Waals surface area contributed by atoms with Crippen LogP contribution in [-0.4, -0.2) is 0 Å². The number of hydrogen-bond donors (Lipinski definition) is 1. The number of nitrogens with two attached hydrogens (primary N) is 1. The van der Waals surface area contributed by atoms with E-state index in [1.807, 2.05) is 12.1 Å². The molecule has 0 saturated carbocycles.